The molecule has 236 valence electrons. The molecule has 1 N–H and O–H groups in total. The Hall–Kier alpha value is -1.79. The number of benzene rings is 2. The van der Waals surface area contributed by atoms with E-state index in [1.165, 1.54) is 63.0 Å². The van der Waals surface area contributed by atoms with Crippen LogP contribution in [0.1, 0.15) is 115 Å². The van der Waals surface area contributed by atoms with Crippen LogP contribution in [0.15, 0.2) is 48.5 Å². The molecule has 0 aromatic heterocycles. The average Bonchev–Trinajstić information content (AvgIpc) is 3.02. The van der Waals surface area contributed by atoms with E-state index in [0.29, 0.717) is 12.3 Å². The number of allylic oxidation sites excluding steroid dienone is 1. The number of carbonyl (C=O) groups is 1. The summed E-state index contributed by atoms with van der Waals surface area (Å²) >= 11 is -2.50. The van der Waals surface area contributed by atoms with Gasteiger partial charge in [-0.2, -0.15) is 0 Å². The molecule has 0 radical (unpaired) electrons. The molecule has 0 aliphatic heterocycles. The van der Waals surface area contributed by atoms with E-state index in [-0.39, 0.29) is 0 Å². The minimum absolute atomic E-state index is 0.581. The summed E-state index contributed by atoms with van der Waals surface area (Å²) in [5, 5.41) is 3.08. The molecule has 0 fully saturated rings. The van der Waals surface area contributed by atoms with E-state index in [9.17, 15) is 4.79 Å². The number of hydrogen-bond acceptors (Lipinski definition) is 4. The molecule has 0 spiro atoms. The summed E-state index contributed by atoms with van der Waals surface area (Å²) in [4.78, 5) is 10.8. The van der Waals surface area contributed by atoms with Crippen molar-refractivity contribution in [2.45, 2.75) is 118 Å². The number of ether oxygens (including phenoxy) is 2. The monoisotopic (exact) mass is 687 g/mol. The molecule has 2 rings (SSSR count). The van der Waals surface area contributed by atoms with E-state index >= 15 is 0 Å². The van der Waals surface area contributed by atoms with E-state index in [4.69, 9.17) is 9.47 Å². The Morgan fingerprint density at radius 1 is 0.833 bits per heavy atom. The molecule has 0 unspecified atom stereocenters. The predicted molar refractivity (Wildman–Crippen MR) is 186 cm³/mol. The number of methoxy groups -OCH3 is 2. The summed E-state index contributed by atoms with van der Waals surface area (Å²) in [7, 11) is 5.21. The van der Waals surface area contributed by atoms with Crippen LogP contribution in [0, 0.1) is 0 Å². The van der Waals surface area contributed by atoms with E-state index in [2.05, 4.69) is 70.3 Å². The Bertz CT molecular complexity index is 994. The van der Waals surface area contributed by atoms with Gasteiger partial charge in [-0.05, 0) is 13.1 Å². The zero-order chi connectivity index (χ0) is 31.2. The molecule has 0 aliphatic rings. The van der Waals surface area contributed by atoms with Crippen molar-refractivity contribution in [2.75, 3.05) is 21.3 Å². The first kappa shape index (κ1) is 38.2. The van der Waals surface area contributed by atoms with Gasteiger partial charge in [-0.15, -0.1) is 0 Å². The second-order valence-corrected chi connectivity index (χ2v) is 24.9. The molecular weight excluding hydrogens is 625 g/mol. The molecule has 0 saturated heterocycles. The Morgan fingerprint density at radius 3 is 1.88 bits per heavy atom. The van der Waals surface area contributed by atoms with Crippen molar-refractivity contribution in [3.05, 3.63) is 65.2 Å². The first-order valence-corrected chi connectivity index (χ1v) is 23.9. The van der Waals surface area contributed by atoms with Crippen molar-refractivity contribution in [1.82, 2.24) is 5.32 Å². The Labute approximate surface area is 262 Å². The molecule has 2 aromatic rings. The maximum Gasteiger partial charge on any atom is 0.127 e. The number of carbonyl (C=O) groups excluding carboxylic acids is 1. The van der Waals surface area contributed by atoms with Crippen molar-refractivity contribution in [3.8, 4) is 11.5 Å². The normalized spacial score (nSPS) is 11.7. The number of aldehydes is 1. The fraction of sp³-hybridized carbons (Fsp3) is 0.595. The third kappa shape index (κ3) is 13.2. The molecule has 4 nitrogen and oxygen atoms in total. The van der Waals surface area contributed by atoms with E-state index in [1.54, 1.807) is 17.8 Å². The summed E-state index contributed by atoms with van der Waals surface area (Å²) in [6.07, 6.45) is 14.5. The van der Waals surface area contributed by atoms with Crippen LogP contribution < -0.4 is 14.8 Å². The second-order valence-electron chi connectivity index (χ2n) is 11.8. The van der Waals surface area contributed by atoms with Crippen molar-refractivity contribution in [1.29, 1.82) is 0 Å². The Balaban J connectivity index is 0.000000563. The average molecular weight is 687 g/mol. The van der Waals surface area contributed by atoms with Gasteiger partial charge in [0.1, 0.15) is 11.5 Å². The SMILES string of the molecule is CCC[CH2][Sn]([CH2]CCC)([CH2]CCC)/[C](=C/CCCC=O)c1ccc(C(C)C)cc1.CNCc1ccc(OC)cc1OC. The fourth-order valence-corrected chi connectivity index (χ4v) is 22.8. The van der Waals surface area contributed by atoms with Gasteiger partial charge in [-0.1, -0.05) is 6.07 Å². The van der Waals surface area contributed by atoms with Crippen LogP contribution in [0.5, 0.6) is 11.5 Å². The first-order valence-electron chi connectivity index (χ1n) is 16.5. The topological polar surface area (TPSA) is 47.6 Å². The standard InChI is InChI=1S/C15H19O.C10H15NO2.3C4H9.Sn/c1-13(2)15-10-8-14(9-11-15)7-5-3-4-6-12-16;1-11-7-8-4-5-9(12-2)6-10(8)13-3;3*1-3-4-2;/h5,8-13H,3-4,6H2,1-2H3;4-6,11H,7H2,1-3H3;3*1,3-4H2,2H3;. The van der Waals surface area contributed by atoms with Crippen LogP contribution in [-0.2, 0) is 11.3 Å². The van der Waals surface area contributed by atoms with Gasteiger partial charge in [0.25, 0.3) is 0 Å². The fourth-order valence-electron chi connectivity index (χ4n) is 5.65. The molecule has 0 saturated carbocycles. The molecule has 5 heteroatoms. The number of hydrogen-bond donors (Lipinski definition) is 1. The minimum atomic E-state index is -2.50. The molecule has 0 atom stereocenters. The third-order valence-electron chi connectivity index (χ3n) is 8.22. The molecule has 0 bridgehead atoms. The van der Waals surface area contributed by atoms with E-state index in [0.717, 1.165) is 42.7 Å². The van der Waals surface area contributed by atoms with Crippen molar-refractivity contribution < 1.29 is 14.3 Å². The van der Waals surface area contributed by atoms with E-state index < -0.39 is 18.4 Å². The predicted octanol–water partition coefficient (Wildman–Crippen LogP) is 10.4. The van der Waals surface area contributed by atoms with Gasteiger partial charge < -0.3 is 14.8 Å². The van der Waals surface area contributed by atoms with Crippen LogP contribution in [0.4, 0.5) is 0 Å². The van der Waals surface area contributed by atoms with Crippen LogP contribution in [0.2, 0.25) is 13.3 Å². The maximum absolute atomic E-state index is 10.8. The maximum atomic E-state index is 10.8. The van der Waals surface area contributed by atoms with Gasteiger partial charge in [0, 0.05) is 18.2 Å². The minimum Gasteiger partial charge on any atom is -0.497 e. The summed E-state index contributed by atoms with van der Waals surface area (Å²) in [6.45, 7) is 12.4. The van der Waals surface area contributed by atoms with Gasteiger partial charge in [-0.25, -0.2) is 0 Å². The van der Waals surface area contributed by atoms with E-state index in [1.807, 2.05) is 25.2 Å². The molecule has 42 heavy (non-hydrogen) atoms. The summed E-state index contributed by atoms with van der Waals surface area (Å²) in [5.41, 5.74) is 4.07. The zero-order valence-corrected chi connectivity index (χ0v) is 31.0. The number of nitrogens with one attached hydrogen (secondary N) is 1. The van der Waals surface area contributed by atoms with Crippen molar-refractivity contribution in [3.63, 3.8) is 0 Å². The molecular formula is C37H61NO3Sn. The van der Waals surface area contributed by atoms with Crippen LogP contribution >= 0.6 is 0 Å². The van der Waals surface area contributed by atoms with Crippen LogP contribution in [-0.4, -0.2) is 45.9 Å². The summed E-state index contributed by atoms with van der Waals surface area (Å²) in [5.74, 6) is 2.25. The quantitative estimate of drug-likeness (QED) is 0.0856. The third-order valence-corrected chi connectivity index (χ3v) is 24.1. The van der Waals surface area contributed by atoms with Crippen LogP contribution in [0.3, 0.4) is 0 Å². The smallest absolute Gasteiger partial charge is 0.127 e. The van der Waals surface area contributed by atoms with Gasteiger partial charge in [0.05, 0.1) is 14.2 Å². The number of unbranched alkanes of at least 4 members (excludes halogenated alkanes) is 5. The molecule has 0 amide bonds. The molecule has 0 aliphatic carbocycles. The Kier molecular flexibility index (Phi) is 20.7. The number of rotatable bonds is 20. The van der Waals surface area contributed by atoms with Gasteiger partial charge in [0.2, 0.25) is 0 Å². The van der Waals surface area contributed by atoms with Gasteiger partial charge in [0.15, 0.2) is 0 Å². The van der Waals surface area contributed by atoms with Crippen LogP contribution in [0.25, 0.3) is 3.59 Å². The molecule has 2 aromatic carbocycles. The van der Waals surface area contributed by atoms with Gasteiger partial charge >= 0.3 is 186 Å². The van der Waals surface area contributed by atoms with Crippen molar-refractivity contribution >= 4 is 28.3 Å². The largest absolute Gasteiger partial charge is 0.497 e. The summed E-state index contributed by atoms with van der Waals surface area (Å²) < 4.78 is 16.6. The van der Waals surface area contributed by atoms with Gasteiger partial charge in [-0.3, -0.25) is 0 Å². The second kappa shape index (κ2) is 22.7. The van der Waals surface area contributed by atoms with Crippen molar-refractivity contribution in [2.24, 2.45) is 0 Å². The zero-order valence-electron chi connectivity index (χ0n) is 28.2. The Morgan fingerprint density at radius 2 is 1.43 bits per heavy atom. The first-order chi connectivity index (χ1) is 20.4. The molecule has 0 heterocycles. The summed E-state index contributed by atoms with van der Waals surface area (Å²) in [6, 6.07) is 15.3.